The van der Waals surface area contributed by atoms with E-state index in [0.717, 1.165) is 33.8 Å². The largest absolute Gasteiger partial charge is 0.487 e. The Bertz CT molecular complexity index is 1940. The number of rotatable bonds is 6. The Hall–Kier alpha value is -5.85. The van der Waals surface area contributed by atoms with E-state index in [1.54, 1.807) is 24.5 Å². The van der Waals surface area contributed by atoms with Crippen molar-refractivity contribution in [3.63, 3.8) is 0 Å². The van der Waals surface area contributed by atoms with Gasteiger partial charge in [-0.2, -0.15) is 0 Å². The van der Waals surface area contributed by atoms with Gasteiger partial charge in [-0.25, -0.2) is 14.8 Å². The van der Waals surface area contributed by atoms with E-state index in [-0.39, 0.29) is 54.0 Å². The molecule has 6 aliphatic rings. The van der Waals surface area contributed by atoms with E-state index in [4.69, 9.17) is 18.9 Å². The molecule has 2 fully saturated rings. The topological polar surface area (TPSA) is 162 Å². The molecular formula is C35H28N6O7. The average molecular weight is 645 g/mol. The predicted molar refractivity (Wildman–Crippen MR) is 169 cm³/mol. The van der Waals surface area contributed by atoms with E-state index >= 15 is 0 Å². The number of amides is 4. The maximum absolute atomic E-state index is 13.1. The van der Waals surface area contributed by atoms with Crippen LogP contribution in [0.1, 0.15) is 46.9 Å². The summed E-state index contributed by atoms with van der Waals surface area (Å²) in [6.45, 7) is 0. The number of aromatic nitrogens is 2. The minimum Gasteiger partial charge on any atom is -0.487 e. The zero-order valence-corrected chi connectivity index (χ0v) is 25.3. The van der Waals surface area contributed by atoms with Crippen LogP contribution < -0.4 is 40.2 Å². The number of hydrogen-bond donors (Lipinski definition) is 4. The number of anilines is 2. The van der Waals surface area contributed by atoms with Gasteiger partial charge in [0.15, 0.2) is 0 Å². The summed E-state index contributed by atoms with van der Waals surface area (Å²) in [5, 5.41) is 11.8. The molecule has 0 unspecified atom stereocenters. The molecule has 4 aliphatic heterocycles. The second-order valence-electron chi connectivity index (χ2n) is 12.9. The zero-order chi connectivity index (χ0) is 32.1. The van der Waals surface area contributed by atoms with Gasteiger partial charge in [0, 0.05) is 47.5 Å². The first kappa shape index (κ1) is 27.3. The maximum Gasteiger partial charge on any atom is 0.315 e. The molecule has 4 aromatic rings. The number of urea groups is 1. The van der Waals surface area contributed by atoms with E-state index < -0.39 is 0 Å². The van der Waals surface area contributed by atoms with Crippen molar-refractivity contribution in [2.24, 2.45) is 0 Å². The van der Waals surface area contributed by atoms with Crippen molar-refractivity contribution in [1.29, 1.82) is 0 Å². The standard InChI is InChI=1S/C35H28N6O7/c42-25-7-3-17-23(9-11-36-33(17)38-25)45-15-1-5-21-19(13-15)27-29(31(27)47-21)40-35(44)41-30-28-20-14-16(2-6-22(20)48-32(28)30)46-24-10-12-37-34-18(24)4-8-26(43)39-34/h1-2,5-6,9-14,27-32H,3-4,7-8H2,(H,36,38,42)(H,37,39,43)(H2,40,41,44)/t27-,28-,29-,30-,31-,32-/m0/s1. The molecule has 0 saturated heterocycles. The highest BCUT2D eigenvalue weighted by Crippen LogP contribution is 2.56. The number of pyridine rings is 2. The summed E-state index contributed by atoms with van der Waals surface area (Å²) in [5.74, 6) is 5.22. The van der Waals surface area contributed by atoms with Crippen LogP contribution in [-0.2, 0) is 22.4 Å². The number of fused-ring (bicyclic) bond motifs is 8. The quantitative estimate of drug-likeness (QED) is 0.240. The molecule has 13 heteroatoms. The molecule has 240 valence electrons. The number of benzene rings is 2. The second-order valence-corrected chi connectivity index (χ2v) is 12.9. The molecule has 48 heavy (non-hydrogen) atoms. The van der Waals surface area contributed by atoms with E-state index in [1.165, 1.54) is 0 Å². The smallest absolute Gasteiger partial charge is 0.315 e. The van der Waals surface area contributed by atoms with Crippen LogP contribution in [0.25, 0.3) is 0 Å². The average Bonchev–Trinajstić information content (AvgIpc) is 3.81. The summed E-state index contributed by atoms with van der Waals surface area (Å²) in [6, 6.07) is 14.4. The number of hydrogen-bond acceptors (Lipinski definition) is 9. The van der Waals surface area contributed by atoms with Gasteiger partial charge in [0.05, 0.1) is 23.9 Å². The molecule has 0 bridgehead atoms. The third-order valence-electron chi connectivity index (χ3n) is 9.91. The lowest BCUT2D eigenvalue weighted by molar-refractivity contribution is -0.117. The first-order chi connectivity index (χ1) is 23.5. The highest BCUT2D eigenvalue weighted by molar-refractivity contribution is 5.94. The van der Waals surface area contributed by atoms with Crippen molar-refractivity contribution in [2.45, 2.75) is 61.8 Å². The van der Waals surface area contributed by atoms with Crippen LogP contribution in [0.15, 0.2) is 60.9 Å². The minimum atomic E-state index is -0.264. The van der Waals surface area contributed by atoms with Crippen LogP contribution in [0.3, 0.4) is 0 Å². The highest BCUT2D eigenvalue weighted by atomic mass is 16.5. The number of carbonyl (C=O) groups is 3. The maximum atomic E-state index is 13.1. The van der Waals surface area contributed by atoms with Gasteiger partial charge in [-0.1, -0.05) is 0 Å². The molecule has 2 aromatic heterocycles. The summed E-state index contributed by atoms with van der Waals surface area (Å²) < 4.78 is 24.7. The minimum absolute atomic E-state index is 0.0302. The molecular weight excluding hydrogens is 616 g/mol. The summed E-state index contributed by atoms with van der Waals surface area (Å²) in [6.07, 6.45) is 4.88. The molecule has 0 spiro atoms. The fourth-order valence-corrected chi connectivity index (χ4v) is 7.46. The van der Waals surface area contributed by atoms with E-state index in [2.05, 4.69) is 31.2 Å². The third kappa shape index (κ3) is 4.41. The Morgan fingerprint density at radius 2 is 1.17 bits per heavy atom. The Kier molecular flexibility index (Phi) is 5.72. The van der Waals surface area contributed by atoms with E-state index in [0.29, 0.717) is 60.3 Å². The van der Waals surface area contributed by atoms with E-state index in [1.807, 2.05) is 36.4 Å². The van der Waals surface area contributed by atoms with Crippen molar-refractivity contribution in [3.05, 3.63) is 83.2 Å². The summed E-state index contributed by atoms with van der Waals surface area (Å²) in [5.41, 5.74) is 3.73. The van der Waals surface area contributed by atoms with Gasteiger partial charge in [0.1, 0.15) is 58.3 Å². The number of ether oxygens (including phenoxy) is 4. The van der Waals surface area contributed by atoms with Gasteiger partial charge in [0.2, 0.25) is 11.8 Å². The SMILES string of the molecule is O=C1CCc2c(Oc3ccc4c(c3)[C@H]3[C@H](NC(=O)N[C@@H]5[C@H]6Oc7ccc(Oc8ccnc9c8CCC(=O)N9)cc7[C@@H]56)[C@H]3O4)ccnc2N1. The van der Waals surface area contributed by atoms with Crippen LogP contribution in [0.4, 0.5) is 16.4 Å². The third-order valence-corrected chi connectivity index (χ3v) is 9.91. The number of carbonyl (C=O) groups excluding carboxylic acids is 3. The van der Waals surface area contributed by atoms with Gasteiger partial charge in [-0.15, -0.1) is 0 Å². The molecule has 6 heterocycles. The molecule has 6 atom stereocenters. The molecule has 0 radical (unpaired) electrons. The highest BCUT2D eigenvalue weighted by Gasteiger charge is 2.62. The van der Waals surface area contributed by atoms with Crippen LogP contribution in [0.2, 0.25) is 0 Å². The van der Waals surface area contributed by atoms with E-state index in [9.17, 15) is 14.4 Å². The molecule has 10 rings (SSSR count). The van der Waals surface area contributed by atoms with Gasteiger partial charge >= 0.3 is 6.03 Å². The molecule has 4 amide bonds. The summed E-state index contributed by atoms with van der Waals surface area (Å²) in [7, 11) is 0. The second kappa shape index (κ2) is 10.1. The Morgan fingerprint density at radius 3 is 1.65 bits per heavy atom. The lowest BCUT2D eigenvalue weighted by atomic mass is 10.1. The van der Waals surface area contributed by atoms with Gasteiger partial charge in [-0.05, 0) is 61.4 Å². The van der Waals surface area contributed by atoms with Gasteiger partial charge < -0.3 is 40.2 Å². The monoisotopic (exact) mass is 644 g/mol. The Labute approximate surface area is 273 Å². The van der Waals surface area contributed by atoms with Crippen LogP contribution in [0.5, 0.6) is 34.5 Å². The Balaban J connectivity index is 0.780. The number of nitrogens with one attached hydrogen (secondary N) is 4. The van der Waals surface area contributed by atoms with Gasteiger partial charge in [-0.3, -0.25) is 9.59 Å². The molecule has 2 aliphatic carbocycles. The van der Waals surface area contributed by atoms with Crippen molar-refractivity contribution in [2.75, 3.05) is 10.6 Å². The lowest BCUT2D eigenvalue weighted by Gasteiger charge is -2.19. The predicted octanol–water partition coefficient (Wildman–Crippen LogP) is 4.28. The fraction of sp³-hybridized carbons (Fsp3) is 0.286. The van der Waals surface area contributed by atoms with Crippen LogP contribution in [-0.4, -0.2) is 52.1 Å². The normalized spacial score (nSPS) is 26.0. The molecule has 2 saturated carbocycles. The first-order valence-corrected chi connectivity index (χ1v) is 16.1. The fourth-order valence-electron chi connectivity index (χ4n) is 7.46. The molecule has 2 aromatic carbocycles. The zero-order valence-electron chi connectivity index (χ0n) is 25.3. The molecule has 4 N–H and O–H groups in total. The summed E-state index contributed by atoms with van der Waals surface area (Å²) >= 11 is 0. The number of nitrogens with zero attached hydrogens (tertiary/aromatic N) is 2. The summed E-state index contributed by atoms with van der Waals surface area (Å²) in [4.78, 5) is 45.2. The lowest BCUT2D eigenvalue weighted by Crippen LogP contribution is -2.41. The Morgan fingerprint density at radius 1 is 0.688 bits per heavy atom. The van der Waals surface area contributed by atoms with Gasteiger partial charge in [0.25, 0.3) is 0 Å². The van der Waals surface area contributed by atoms with Crippen molar-refractivity contribution >= 4 is 29.5 Å². The van der Waals surface area contributed by atoms with Crippen LogP contribution >= 0.6 is 0 Å². The van der Waals surface area contributed by atoms with Crippen molar-refractivity contribution in [1.82, 2.24) is 20.6 Å². The van der Waals surface area contributed by atoms with Crippen LogP contribution in [0, 0.1) is 0 Å². The first-order valence-electron chi connectivity index (χ1n) is 16.1. The molecule has 13 nitrogen and oxygen atoms in total. The van der Waals surface area contributed by atoms with Crippen molar-refractivity contribution < 1.29 is 33.3 Å². The van der Waals surface area contributed by atoms with Crippen molar-refractivity contribution in [3.8, 4) is 34.5 Å².